The van der Waals surface area contributed by atoms with Gasteiger partial charge in [-0.3, -0.25) is 4.72 Å². The fourth-order valence-electron chi connectivity index (χ4n) is 2.53. The standard InChI is InChI=1S/C22H18N2O2S/c1-17-7-12-21(13-8-17)27(25,26)24-22-14-10-19(16-23)15-20(22)11-9-18-5-3-2-4-6-18/h2-15,24H,1H3/b11-9+. The molecule has 0 heterocycles. The number of hydrogen-bond acceptors (Lipinski definition) is 3. The Labute approximate surface area is 159 Å². The molecule has 0 amide bonds. The molecule has 0 radical (unpaired) electrons. The SMILES string of the molecule is Cc1ccc(S(=O)(=O)Nc2ccc(C#N)cc2/C=C/c2ccccc2)cc1. The third-order valence-corrected chi connectivity index (χ3v) is 5.39. The van der Waals surface area contributed by atoms with E-state index in [1.807, 2.05) is 43.3 Å². The van der Waals surface area contributed by atoms with Crippen LogP contribution in [0.25, 0.3) is 12.2 Å². The minimum absolute atomic E-state index is 0.190. The Hall–Kier alpha value is -3.36. The van der Waals surface area contributed by atoms with E-state index in [0.717, 1.165) is 11.1 Å². The Kier molecular flexibility index (Phi) is 5.39. The first-order chi connectivity index (χ1) is 13.0. The molecule has 0 aliphatic rings. The predicted octanol–water partition coefficient (Wildman–Crippen LogP) is 4.84. The largest absolute Gasteiger partial charge is 0.279 e. The van der Waals surface area contributed by atoms with Crippen LogP contribution >= 0.6 is 0 Å². The maximum atomic E-state index is 12.7. The van der Waals surface area contributed by atoms with E-state index in [9.17, 15) is 8.42 Å². The average Bonchev–Trinajstić information content (AvgIpc) is 2.68. The van der Waals surface area contributed by atoms with Crippen molar-refractivity contribution in [3.63, 3.8) is 0 Å². The van der Waals surface area contributed by atoms with E-state index in [0.29, 0.717) is 16.8 Å². The van der Waals surface area contributed by atoms with E-state index in [1.54, 1.807) is 48.5 Å². The summed E-state index contributed by atoms with van der Waals surface area (Å²) in [5.41, 5.74) is 3.46. The third kappa shape index (κ3) is 4.63. The summed E-state index contributed by atoms with van der Waals surface area (Å²) in [5.74, 6) is 0. The summed E-state index contributed by atoms with van der Waals surface area (Å²) >= 11 is 0. The number of nitrogens with one attached hydrogen (secondary N) is 1. The lowest BCUT2D eigenvalue weighted by molar-refractivity contribution is 0.601. The molecule has 27 heavy (non-hydrogen) atoms. The summed E-state index contributed by atoms with van der Waals surface area (Å²) < 4.78 is 28.0. The van der Waals surface area contributed by atoms with Crippen LogP contribution in [0.2, 0.25) is 0 Å². The minimum atomic E-state index is -3.72. The molecule has 3 aromatic carbocycles. The molecule has 3 rings (SSSR count). The zero-order valence-corrected chi connectivity index (χ0v) is 15.6. The van der Waals surface area contributed by atoms with Gasteiger partial charge in [0.25, 0.3) is 10.0 Å². The first-order valence-corrected chi connectivity index (χ1v) is 9.83. The van der Waals surface area contributed by atoms with Crippen LogP contribution in [0.1, 0.15) is 22.3 Å². The zero-order chi connectivity index (χ0) is 19.3. The highest BCUT2D eigenvalue weighted by atomic mass is 32.2. The van der Waals surface area contributed by atoms with E-state index in [4.69, 9.17) is 5.26 Å². The number of benzene rings is 3. The average molecular weight is 374 g/mol. The van der Waals surface area contributed by atoms with E-state index in [1.165, 1.54) is 0 Å². The van der Waals surface area contributed by atoms with Crippen LogP contribution in [0.4, 0.5) is 5.69 Å². The highest BCUT2D eigenvalue weighted by Gasteiger charge is 2.15. The van der Waals surface area contributed by atoms with Crippen LogP contribution in [-0.4, -0.2) is 8.42 Å². The van der Waals surface area contributed by atoms with Crippen molar-refractivity contribution < 1.29 is 8.42 Å². The molecular formula is C22H18N2O2S. The molecule has 0 aliphatic heterocycles. The van der Waals surface area contributed by atoms with Gasteiger partial charge in [-0.25, -0.2) is 8.42 Å². The molecule has 4 nitrogen and oxygen atoms in total. The van der Waals surface area contributed by atoms with Gasteiger partial charge in [-0.05, 0) is 48.4 Å². The highest BCUT2D eigenvalue weighted by Crippen LogP contribution is 2.24. The summed E-state index contributed by atoms with van der Waals surface area (Å²) in [6.07, 6.45) is 3.67. The monoisotopic (exact) mass is 374 g/mol. The Morgan fingerprint density at radius 1 is 0.926 bits per heavy atom. The lowest BCUT2D eigenvalue weighted by Crippen LogP contribution is -2.13. The summed E-state index contributed by atoms with van der Waals surface area (Å²) in [7, 11) is -3.72. The van der Waals surface area contributed by atoms with Gasteiger partial charge in [-0.1, -0.05) is 60.2 Å². The summed E-state index contributed by atoms with van der Waals surface area (Å²) in [6, 6.07) is 23.2. The highest BCUT2D eigenvalue weighted by molar-refractivity contribution is 7.92. The number of aryl methyl sites for hydroxylation is 1. The molecule has 0 aliphatic carbocycles. The number of anilines is 1. The van der Waals surface area contributed by atoms with Gasteiger partial charge in [0.15, 0.2) is 0 Å². The Morgan fingerprint density at radius 2 is 1.63 bits per heavy atom. The summed E-state index contributed by atoms with van der Waals surface area (Å²) in [6.45, 7) is 1.90. The molecule has 134 valence electrons. The normalized spacial score (nSPS) is 11.3. The van der Waals surface area contributed by atoms with Crippen molar-refractivity contribution in [2.75, 3.05) is 4.72 Å². The molecule has 5 heteroatoms. The van der Waals surface area contributed by atoms with Crippen LogP contribution in [0.15, 0.2) is 77.7 Å². The molecule has 1 N–H and O–H groups in total. The first kappa shape index (κ1) is 18.4. The number of sulfonamides is 1. The first-order valence-electron chi connectivity index (χ1n) is 8.35. The van der Waals surface area contributed by atoms with Crippen LogP contribution in [0, 0.1) is 18.3 Å². The second kappa shape index (κ2) is 7.90. The van der Waals surface area contributed by atoms with Crippen molar-refractivity contribution in [3.8, 4) is 6.07 Å². The summed E-state index contributed by atoms with van der Waals surface area (Å²) in [5, 5.41) is 9.16. The Bertz CT molecular complexity index is 1110. The second-order valence-corrected chi connectivity index (χ2v) is 7.76. The quantitative estimate of drug-likeness (QED) is 0.650. The van der Waals surface area contributed by atoms with Crippen LogP contribution in [0.3, 0.4) is 0 Å². The maximum absolute atomic E-state index is 12.7. The van der Waals surface area contributed by atoms with Gasteiger partial charge < -0.3 is 0 Å². The van der Waals surface area contributed by atoms with Gasteiger partial charge in [-0.2, -0.15) is 5.26 Å². The van der Waals surface area contributed by atoms with Gasteiger partial charge in [0, 0.05) is 0 Å². The number of hydrogen-bond donors (Lipinski definition) is 1. The van der Waals surface area contributed by atoms with E-state index >= 15 is 0 Å². The van der Waals surface area contributed by atoms with Crippen molar-refractivity contribution >= 4 is 27.9 Å². The number of rotatable bonds is 5. The lowest BCUT2D eigenvalue weighted by atomic mass is 10.1. The van der Waals surface area contributed by atoms with E-state index in [-0.39, 0.29) is 4.90 Å². The minimum Gasteiger partial charge on any atom is -0.279 e. The van der Waals surface area contributed by atoms with Gasteiger partial charge >= 0.3 is 0 Å². The molecule has 0 bridgehead atoms. The molecule has 0 aromatic heterocycles. The van der Waals surface area contributed by atoms with Crippen molar-refractivity contribution in [3.05, 3.63) is 95.1 Å². The maximum Gasteiger partial charge on any atom is 0.261 e. The Balaban J connectivity index is 1.96. The second-order valence-electron chi connectivity index (χ2n) is 6.08. The number of nitrogens with zero attached hydrogens (tertiary/aromatic N) is 1. The molecular weight excluding hydrogens is 356 g/mol. The fraction of sp³-hybridized carbons (Fsp3) is 0.0455. The predicted molar refractivity (Wildman–Crippen MR) is 109 cm³/mol. The lowest BCUT2D eigenvalue weighted by Gasteiger charge is -2.11. The molecule has 0 saturated heterocycles. The molecule has 0 fully saturated rings. The van der Waals surface area contributed by atoms with Crippen LogP contribution < -0.4 is 4.72 Å². The molecule has 3 aromatic rings. The van der Waals surface area contributed by atoms with E-state index < -0.39 is 10.0 Å². The molecule has 0 saturated carbocycles. The fourth-order valence-corrected chi connectivity index (χ4v) is 3.62. The molecule has 0 atom stereocenters. The van der Waals surface area contributed by atoms with Gasteiger partial charge in [0.1, 0.15) is 0 Å². The van der Waals surface area contributed by atoms with E-state index in [2.05, 4.69) is 10.8 Å². The van der Waals surface area contributed by atoms with Crippen molar-refractivity contribution in [2.24, 2.45) is 0 Å². The third-order valence-electron chi connectivity index (χ3n) is 4.01. The van der Waals surface area contributed by atoms with Crippen molar-refractivity contribution in [2.45, 2.75) is 11.8 Å². The van der Waals surface area contributed by atoms with Crippen molar-refractivity contribution in [1.29, 1.82) is 5.26 Å². The van der Waals surface area contributed by atoms with Gasteiger partial charge in [0.05, 0.1) is 22.2 Å². The van der Waals surface area contributed by atoms with Crippen LogP contribution in [0.5, 0.6) is 0 Å². The molecule has 0 spiro atoms. The topological polar surface area (TPSA) is 70.0 Å². The van der Waals surface area contributed by atoms with Crippen molar-refractivity contribution in [1.82, 2.24) is 0 Å². The number of nitriles is 1. The smallest absolute Gasteiger partial charge is 0.261 e. The molecule has 0 unspecified atom stereocenters. The van der Waals surface area contributed by atoms with Gasteiger partial charge in [-0.15, -0.1) is 0 Å². The Morgan fingerprint density at radius 3 is 2.30 bits per heavy atom. The van der Waals surface area contributed by atoms with Gasteiger partial charge in [0.2, 0.25) is 0 Å². The summed E-state index contributed by atoms with van der Waals surface area (Å²) in [4.78, 5) is 0.190. The zero-order valence-electron chi connectivity index (χ0n) is 14.8. The van der Waals surface area contributed by atoms with Crippen LogP contribution in [-0.2, 0) is 10.0 Å².